The molecule has 1 aliphatic carbocycles. The summed E-state index contributed by atoms with van der Waals surface area (Å²) >= 11 is 0. The topological polar surface area (TPSA) is 60.9 Å². The third-order valence-corrected chi connectivity index (χ3v) is 6.81. The molecule has 2 aromatic carbocycles. The van der Waals surface area contributed by atoms with Crippen LogP contribution in [0.5, 0.6) is 0 Å². The molecule has 0 aromatic heterocycles. The summed E-state index contributed by atoms with van der Waals surface area (Å²) in [6.45, 7) is 1.76. The molecule has 6 nitrogen and oxygen atoms in total. The quantitative estimate of drug-likeness (QED) is 0.617. The van der Waals surface area contributed by atoms with Gasteiger partial charge in [0.2, 0.25) is 0 Å². The van der Waals surface area contributed by atoms with Crippen LogP contribution in [0.25, 0.3) is 0 Å². The molecule has 1 saturated carbocycles. The van der Waals surface area contributed by atoms with Crippen LogP contribution in [0.15, 0.2) is 42.5 Å². The van der Waals surface area contributed by atoms with E-state index in [1.54, 1.807) is 18.2 Å². The van der Waals surface area contributed by atoms with Crippen LogP contribution in [-0.4, -0.2) is 60.2 Å². The van der Waals surface area contributed by atoms with Gasteiger partial charge in [-0.2, -0.15) is 13.2 Å². The van der Waals surface area contributed by atoms with E-state index in [9.17, 15) is 27.6 Å². The number of nitrogens with zero attached hydrogens (tertiary/aromatic N) is 3. The molecule has 0 bridgehead atoms. The lowest BCUT2D eigenvalue weighted by Crippen LogP contribution is -2.49. The number of rotatable bonds is 5. The molecule has 0 unspecified atom stereocenters. The summed E-state index contributed by atoms with van der Waals surface area (Å²) in [6, 6.07) is 9.98. The third-order valence-electron chi connectivity index (χ3n) is 6.81. The van der Waals surface area contributed by atoms with E-state index in [0.717, 1.165) is 31.0 Å². The SMILES string of the molecule is O=C(c1ccccc1C(F)(F)F)N1CCN(c2ccc3c(c2)C(=O)N(CCC2CC2)C3=O)CC1. The standard InChI is InChI=1S/C25H24F3N3O3/c26-25(27,28)21-4-2-1-3-19(21)22(32)30-13-11-29(12-14-30)17-7-8-18-20(15-17)24(34)31(23(18)33)10-9-16-5-6-16/h1-4,7-8,15-16H,5-6,9-14H2. The van der Waals surface area contributed by atoms with Gasteiger partial charge in [0.15, 0.2) is 0 Å². The van der Waals surface area contributed by atoms with Crippen molar-refractivity contribution in [3.05, 3.63) is 64.7 Å². The zero-order valence-electron chi connectivity index (χ0n) is 18.5. The van der Waals surface area contributed by atoms with Crippen LogP contribution >= 0.6 is 0 Å². The maximum atomic E-state index is 13.3. The monoisotopic (exact) mass is 471 g/mol. The van der Waals surface area contributed by atoms with Gasteiger partial charge in [-0.25, -0.2) is 0 Å². The number of alkyl halides is 3. The molecule has 5 rings (SSSR count). The van der Waals surface area contributed by atoms with Crippen molar-refractivity contribution in [2.75, 3.05) is 37.6 Å². The van der Waals surface area contributed by atoms with Gasteiger partial charge < -0.3 is 9.80 Å². The highest BCUT2D eigenvalue weighted by Gasteiger charge is 2.38. The van der Waals surface area contributed by atoms with Gasteiger partial charge in [-0.05, 0) is 42.7 Å². The molecule has 34 heavy (non-hydrogen) atoms. The van der Waals surface area contributed by atoms with Crippen LogP contribution in [0.1, 0.15) is 55.9 Å². The molecule has 2 aliphatic heterocycles. The number of anilines is 1. The second kappa shape index (κ2) is 8.45. The maximum absolute atomic E-state index is 13.3. The summed E-state index contributed by atoms with van der Waals surface area (Å²) in [6.07, 6.45) is -1.45. The Kier molecular flexibility index (Phi) is 5.58. The minimum atomic E-state index is -4.60. The summed E-state index contributed by atoms with van der Waals surface area (Å²) in [7, 11) is 0. The first-order chi connectivity index (χ1) is 16.2. The predicted octanol–water partition coefficient (Wildman–Crippen LogP) is 4.06. The molecule has 0 atom stereocenters. The lowest BCUT2D eigenvalue weighted by Gasteiger charge is -2.36. The van der Waals surface area contributed by atoms with E-state index < -0.39 is 17.6 Å². The Balaban J connectivity index is 1.26. The van der Waals surface area contributed by atoms with E-state index in [2.05, 4.69) is 0 Å². The first kappa shape index (κ1) is 22.4. The number of halogens is 3. The second-order valence-corrected chi connectivity index (χ2v) is 9.05. The Bertz CT molecular complexity index is 1150. The van der Waals surface area contributed by atoms with Gasteiger partial charge in [0.05, 0.1) is 22.3 Å². The average molecular weight is 471 g/mol. The van der Waals surface area contributed by atoms with Gasteiger partial charge in [0.25, 0.3) is 17.7 Å². The first-order valence-corrected chi connectivity index (χ1v) is 11.4. The van der Waals surface area contributed by atoms with Crippen LogP contribution in [0.4, 0.5) is 18.9 Å². The molecule has 178 valence electrons. The Morgan fingerprint density at radius 3 is 2.26 bits per heavy atom. The van der Waals surface area contributed by atoms with E-state index in [-0.39, 0.29) is 30.5 Å². The number of carbonyl (C=O) groups excluding carboxylic acids is 3. The Morgan fingerprint density at radius 1 is 0.912 bits per heavy atom. The normalized spacial score (nSPS) is 18.5. The lowest BCUT2D eigenvalue weighted by molar-refractivity contribution is -0.138. The largest absolute Gasteiger partial charge is 0.417 e. The minimum Gasteiger partial charge on any atom is -0.368 e. The highest BCUT2D eigenvalue weighted by Crippen LogP contribution is 2.35. The number of piperazine rings is 1. The Labute approximate surface area is 194 Å². The van der Waals surface area contributed by atoms with E-state index in [0.29, 0.717) is 36.7 Å². The number of hydrogen-bond acceptors (Lipinski definition) is 4. The molecule has 0 radical (unpaired) electrons. The summed E-state index contributed by atoms with van der Waals surface area (Å²) in [5, 5.41) is 0. The summed E-state index contributed by atoms with van der Waals surface area (Å²) in [5.74, 6) is -0.568. The van der Waals surface area contributed by atoms with Crippen molar-refractivity contribution in [3.8, 4) is 0 Å². The van der Waals surface area contributed by atoms with Crippen LogP contribution in [0.3, 0.4) is 0 Å². The fraction of sp³-hybridized carbons (Fsp3) is 0.400. The van der Waals surface area contributed by atoms with E-state index in [4.69, 9.17) is 0 Å². The molecule has 3 amide bonds. The van der Waals surface area contributed by atoms with Crippen molar-refractivity contribution in [1.82, 2.24) is 9.80 Å². The van der Waals surface area contributed by atoms with E-state index in [1.165, 1.54) is 28.0 Å². The summed E-state index contributed by atoms with van der Waals surface area (Å²) < 4.78 is 39.9. The van der Waals surface area contributed by atoms with Crippen molar-refractivity contribution in [2.45, 2.75) is 25.4 Å². The van der Waals surface area contributed by atoms with Gasteiger partial charge in [-0.1, -0.05) is 25.0 Å². The van der Waals surface area contributed by atoms with Crippen LogP contribution < -0.4 is 4.90 Å². The fourth-order valence-corrected chi connectivity index (χ4v) is 4.65. The van der Waals surface area contributed by atoms with Crippen LogP contribution in [0, 0.1) is 5.92 Å². The van der Waals surface area contributed by atoms with E-state index in [1.807, 2.05) is 4.90 Å². The van der Waals surface area contributed by atoms with Gasteiger partial charge in [-0.15, -0.1) is 0 Å². The van der Waals surface area contributed by atoms with Crippen molar-refractivity contribution in [3.63, 3.8) is 0 Å². The highest BCUT2D eigenvalue weighted by molar-refractivity contribution is 6.21. The fourth-order valence-electron chi connectivity index (χ4n) is 4.65. The molecule has 0 N–H and O–H groups in total. The van der Waals surface area contributed by atoms with Crippen molar-refractivity contribution in [1.29, 1.82) is 0 Å². The Morgan fingerprint density at radius 2 is 1.59 bits per heavy atom. The van der Waals surface area contributed by atoms with Gasteiger partial charge in [0.1, 0.15) is 0 Å². The van der Waals surface area contributed by atoms with Gasteiger partial charge in [-0.3, -0.25) is 19.3 Å². The van der Waals surface area contributed by atoms with Crippen LogP contribution in [0.2, 0.25) is 0 Å². The molecule has 0 spiro atoms. The van der Waals surface area contributed by atoms with Crippen molar-refractivity contribution >= 4 is 23.4 Å². The number of hydrogen-bond donors (Lipinski definition) is 0. The third kappa shape index (κ3) is 4.15. The molecule has 1 saturated heterocycles. The summed E-state index contributed by atoms with van der Waals surface area (Å²) in [5.41, 5.74) is 0.261. The minimum absolute atomic E-state index is 0.252. The smallest absolute Gasteiger partial charge is 0.368 e. The average Bonchev–Trinajstić information content (AvgIpc) is 3.63. The van der Waals surface area contributed by atoms with E-state index >= 15 is 0 Å². The second-order valence-electron chi connectivity index (χ2n) is 9.05. The lowest BCUT2D eigenvalue weighted by atomic mass is 10.0. The number of benzene rings is 2. The molecule has 2 heterocycles. The maximum Gasteiger partial charge on any atom is 0.417 e. The first-order valence-electron chi connectivity index (χ1n) is 11.4. The van der Waals surface area contributed by atoms with Crippen molar-refractivity contribution < 1.29 is 27.6 Å². The molecular formula is C25H24F3N3O3. The number of fused-ring (bicyclic) bond motifs is 1. The number of carbonyl (C=O) groups is 3. The number of imide groups is 1. The molecular weight excluding hydrogens is 447 g/mol. The molecule has 2 aromatic rings. The zero-order chi connectivity index (χ0) is 24.0. The zero-order valence-corrected chi connectivity index (χ0v) is 18.5. The molecule has 3 aliphatic rings. The van der Waals surface area contributed by atoms with Gasteiger partial charge >= 0.3 is 6.18 Å². The highest BCUT2D eigenvalue weighted by atomic mass is 19.4. The predicted molar refractivity (Wildman–Crippen MR) is 119 cm³/mol. The Hall–Kier alpha value is -3.36. The van der Waals surface area contributed by atoms with Gasteiger partial charge in [0, 0.05) is 38.4 Å². The number of amides is 3. The molecule has 9 heteroatoms. The molecule has 2 fully saturated rings. The van der Waals surface area contributed by atoms with Crippen molar-refractivity contribution in [2.24, 2.45) is 5.92 Å². The summed E-state index contributed by atoms with van der Waals surface area (Å²) in [4.78, 5) is 43.0. The van der Waals surface area contributed by atoms with Crippen LogP contribution in [-0.2, 0) is 6.18 Å².